The average molecular weight is 436 g/mol. The molecule has 1 amide bonds. The van der Waals surface area contributed by atoms with Crippen molar-refractivity contribution in [3.8, 4) is 11.8 Å². The molecular formula is C26H33N3O3. The average Bonchev–Trinajstić information content (AvgIpc) is 3.34. The number of carbonyl (C=O) groups is 1. The molecule has 0 saturated carbocycles. The number of amides is 1. The van der Waals surface area contributed by atoms with Gasteiger partial charge in [-0.1, -0.05) is 6.07 Å². The molecule has 0 radical (unpaired) electrons. The zero-order valence-corrected chi connectivity index (χ0v) is 19.8. The van der Waals surface area contributed by atoms with E-state index < -0.39 is 0 Å². The van der Waals surface area contributed by atoms with Crippen molar-refractivity contribution in [1.82, 2.24) is 9.47 Å². The summed E-state index contributed by atoms with van der Waals surface area (Å²) in [4.78, 5) is 14.4. The zero-order chi connectivity index (χ0) is 23.3. The molecule has 1 atom stereocenters. The summed E-state index contributed by atoms with van der Waals surface area (Å²) in [6.07, 6.45) is 4.09. The largest absolute Gasteiger partial charge is 0.492 e. The predicted octanol–water partition coefficient (Wildman–Crippen LogP) is 4.35. The third kappa shape index (κ3) is 5.80. The number of nitrogens with zero attached hydrogens (tertiary/aromatic N) is 3. The quantitative estimate of drug-likeness (QED) is 0.457. The van der Waals surface area contributed by atoms with Crippen molar-refractivity contribution in [2.45, 2.75) is 53.2 Å². The first-order valence-electron chi connectivity index (χ1n) is 11.1. The van der Waals surface area contributed by atoms with Gasteiger partial charge < -0.3 is 18.9 Å². The molecule has 1 aromatic carbocycles. The summed E-state index contributed by atoms with van der Waals surface area (Å²) in [6, 6.07) is 10.1. The van der Waals surface area contributed by atoms with Crippen molar-refractivity contribution in [2.75, 3.05) is 26.8 Å². The Bertz CT molecular complexity index is 1020. The molecule has 0 bridgehead atoms. The summed E-state index contributed by atoms with van der Waals surface area (Å²) in [6.45, 7) is 10.5. The fraction of sp³-hybridized carbons (Fsp3) is 0.462. The summed E-state index contributed by atoms with van der Waals surface area (Å²) in [5.74, 6) is 0.485. The first kappa shape index (κ1) is 23.6. The maximum absolute atomic E-state index is 12.9. The van der Waals surface area contributed by atoms with Crippen molar-refractivity contribution in [1.29, 1.82) is 5.26 Å². The third-order valence-electron chi connectivity index (χ3n) is 5.91. The summed E-state index contributed by atoms with van der Waals surface area (Å²) < 4.78 is 13.8. The minimum Gasteiger partial charge on any atom is -0.492 e. The van der Waals surface area contributed by atoms with E-state index >= 15 is 0 Å². The lowest BCUT2D eigenvalue weighted by atomic mass is 10.1. The lowest BCUT2D eigenvalue weighted by molar-refractivity contribution is -0.125. The molecule has 1 aromatic heterocycles. The molecule has 2 heterocycles. The van der Waals surface area contributed by atoms with E-state index in [1.807, 2.05) is 45.9 Å². The lowest BCUT2D eigenvalue weighted by Gasteiger charge is -2.17. The van der Waals surface area contributed by atoms with E-state index in [0.717, 1.165) is 59.8 Å². The highest BCUT2D eigenvalue weighted by atomic mass is 16.5. The molecule has 170 valence electrons. The van der Waals surface area contributed by atoms with Crippen molar-refractivity contribution in [2.24, 2.45) is 0 Å². The fourth-order valence-corrected chi connectivity index (χ4v) is 4.17. The Hall–Kier alpha value is -3.04. The number of aromatic nitrogens is 1. The van der Waals surface area contributed by atoms with Crippen LogP contribution in [-0.4, -0.2) is 48.3 Å². The van der Waals surface area contributed by atoms with Crippen LogP contribution in [0.4, 0.5) is 0 Å². The van der Waals surface area contributed by atoms with Gasteiger partial charge in [0.05, 0.1) is 12.6 Å². The zero-order valence-electron chi connectivity index (χ0n) is 19.8. The molecule has 0 aliphatic carbocycles. The molecule has 32 heavy (non-hydrogen) atoms. The second kappa shape index (κ2) is 10.5. The molecule has 2 aromatic rings. The van der Waals surface area contributed by atoms with E-state index in [1.165, 1.54) is 4.90 Å². The maximum atomic E-state index is 12.9. The van der Waals surface area contributed by atoms with Crippen LogP contribution in [0.5, 0.6) is 5.75 Å². The Labute approximate surface area is 191 Å². The second-order valence-electron chi connectivity index (χ2n) is 8.64. The van der Waals surface area contributed by atoms with Crippen LogP contribution >= 0.6 is 0 Å². The normalized spacial score (nSPS) is 16.1. The molecule has 6 nitrogen and oxygen atoms in total. The van der Waals surface area contributed by atoms with Crippen LogP contribution in [0.2, 0.25) is 0 Å². The Morgan fingerprint density at radius 3 is 2.59 bits per heavy atom. The summed E-state index contributed by atoms with van der Waals surface area (Å²) in [7, 11) is 1.69. The first-order valence-corrected chi connectivity index (χ1v) is 11.1. The van der Waals surface area contributed by atoms with Gasteiger partial charge in [0.15, 0.2) is 0 Å². The van der Waals surface area contributed by atoms with Crippen molar-refractivity contribution in [3.63, 3.8) is 0 Å². The van der Waals surface area contributed by atoms with Gasteiger partial charge in [-0.15, -0.1) is 0 Å². The number of carbonyl (C=O) groups excluding carboxylic acids is 1. The SMILES string of the molecule is Cc1cc(C)cc(OCCN(C)C(=O)/C(C#N)=C/c2cc(C)n(CC3CCCO3)c2C)c1. The second-order valence-corrected chi connectivity index (χ2v) is 8.64. The van der Waals surface area contributed by atoms with E-state index in [9.17, 15) is 10.1 Å². The smallest absolute Gasteiger partial charge is 0.264 e. The Balaban J connectivity index is 1.65. The molecule has 1 aliphatic rings. The van der Waals surface area contributed by atoms with Gasteiger partial charge in [-0.25, -0.2) is 0 Å². The Morgan fingerprint density at radius 1 is 1.25 bits per heavy atom. The van der Waals surface area contributed by atoms with Crippen LogP contribution in [0.25, 0.3) is 6.08 Å². The van der Waals surface area contributed by atoms with Gasteiger partial charge in [-0.05, 0) is 81.5 Å². The highest BCUT2D eigenvalue weighted by Crippen LogP contribution is 2.22. The van der Waals surface area contributed by atoms with Gasteiger partial charge in [-0.3, -0.25) is 4.79 Å². The first-order chi connectivity index (χ1) is 15.3. The van der Waals surface area contributed by atoms with Gasteiger partial charge in [-0.2, -0.15) is 5.26 Å². The molecule has 1 fully saturated rings. The standard InChI is InChI=1S/C26H33N3O3/c1-18-11-19(2)13-25(12-18)32-10-8-28(5)26(30)23(16-27)15-22-14-20(3)29(21(22)4)17-24-7-6-9-31-24/h11-15,24H,6-10,17H2,1-5H3/b23-15+. The molecule has 6 heteroatoms. The number of hydrogen-bond donors (Lipinski definition) is 0. The monoisotopic (exact) mass is 435 g/mol. The predicted molar refractivity (Wildman–Crippen MR) is 126 cm³/mol. The van der Waals surface area contributed by atoms with Gasteiger partial charge in [0, 0.05) is 31.6 Å². The highest BCUT2D eigenvalue weighted by Gasteiger charge is 2.20. The summed E-state index contributed by atoms with van der Waals surface area (Å²) >= 11 is 0. The minimum absolute atomic E-state index is 0.122. The third-order valence-corrected chi connectivity index (χ3v) is 5.91. The van der Waals surface area contributed by atoms with Crippen LogP contribution in [0.15, 0.2) is 29.8 Å². The molecule has 1 saturated heterocycles. The topological polar surface area (TPSA) is 67.5 Å². The minimum atomic E-state index is -0.305. The lowest BCUT2D eigenvalue weighted by Crippen LogP contribution is -2.31. The van der Waals surface area contributed by atoms with Crippen LogP contribution in [-0.2, 0) is 16.1 Å². The van der Waals surface area contributed by atoms with Gasteiger partial charge in [0.1, 0.15) is 24.0 Å². The van der Waals surface area contributed by atoms with E-state index in [0.29, 0.717) is 13.2 Å². The van der Waals surface area contributed by atoms with Crippen LogP contribution in [0.1, 0.15) is 40.9 Å². The molecular weight excluding hydrogens is 402 g/mol. The van der Waals surface area contributed by atoms with Crippen molar-refractivity contribution < 1.29 is 14.3 Å². The van der Waals surface area contributed by atoms with Crippen LogP contribution in [0.3, 0.4) is 0 Å². The van der Waals surface area contributed by atoms with E-state index in [1.54, 1.807) is 13.1 Å². The van der Waals surface area contributed by atoms with Gasteiger partial charge in [0.2, 0.25) is 0 Å². The Kier molecular flexibility index (Phi) is 7.76. The summed E-state index contributed by atoms with van der Waals surface area (Å²) in [5, 5.41) is 9.64. The number of ether oxygens (including phenoxy) is 2. The van der Waals surface area contributed by atoms with Crippen LogP contribution < -0.4 is 4.74 Å². The number of hydrogen-bond acceptors (Lipinski definition) is 4. The number of likely N-dealkylation sites (N-methyl/N-ethyl adjacent to an activating group) is 1. The maximum Gasteiger partial charge on any atom is 0.264 e. The summed E-state index contributed by atoms with van der Waals surface area (Å²) in [5.41, 5.74) is 5.43. The van der Waals surface area contributed by atoms with Gasteiger partial charge in [0.25, 0.3) is 5.91 Å². The van der Waals surface area contributed by atoms with E-state index in [2.05, 4.69) is 16.7 Å². The number of aryl methyl sites for hydroxylation is 3. The highest BCUT2D eigenvalue weighted by molar-refractivity contribution is 6.01. The number of nitriles is 1. The van der Waals surface area contributed by atoms with E-state index in [4.69, 9.17) is 9.47 Å². The molecule has 1 aliphatic heterocycles. The van der Waals surface area contributed by atoms with Gasteiger partial charge >= 0.3 is 0 Å². The molecule has 0 spiro atoms. The van der Waals surface area contributed by atoms with E-state index in [-0.39, 0.29) is 17.6 Å². The molecule has 1 unspecified atom stereocenters. The molecule has 0 N–H and O–H groups in total. The fourth-order valence-electron chi connectivity index (χ4n) is 4.17. The number of benzene rings is 1. The van der Waals surface area contributed by atoms with Crippen molar-refractivity contribution in [3.05, 3.63) is 57.9 Å². The van der Waals surface area contributed by atoms with Crippen LogP contribution in [0, 0.1) is 39.0 Å². The molecule has 3 rings (SSSR count). The Morgan fingerprint density at radius 2 is 1.97 bits per heavy atom. The number of rotatable bonds is 8. The van der Waals surface area contributed by atoms with Crippen molar-refractivity contribution >= 4 is 12.0 Å².